The first-order valence-corrected chi connectivity index (χ1v) is 6.46. The average molecular weight is 281 g/mol. The number of halogens is 1. The molecule has 4 N–H and O–H groups in total. The summed E-state index contributed by atoms with van der Waals surface area (Å²) in [5.41, 5.74) is 5.68. The van der Waals surface area contributed by atoms with Gasteiger partial charge in [-0.2, -0.15) is 0 Å². The predicted octanol–water partition coefficient (Wildman–Crippen LogP) is 2.63. The van der Waals surface area contributed by atoms with Gasteiger partial charge in [0.1, 0.15) is 11.2 Å². The third-order valence-electron chi connectivity index (χ3n) is 3.69. The summed E-state index contributed by atoms with van der Waals surface area (Å²) < 4.78 is 13.2. The summed E-state index contributed by atoms with van der Waals surface area (Å²) in [4.78, 5) is 12.5. The molecular formula is C14H20FN3O2. The van der Waals surface area contributed by atoms with E-state index in [1.165, 1.54) is 12.1 Å². The third-order valence-corrected chi connectivity index (χ3v) is 3.69. The molecule has 0 aliphatic heterocycles. The monoisotopic (exact) mass is 281 g/mol. The number of nitrogens with one attached hydrogen (secondary N) is 1. The molecule has 0 aliphatic rings. The van der Waals surface area contributed by atoms with Crippen LogP contribution < -0.4 is 11.1 Å². The second-order valence-corrected chi connectivity index (χ2v) is 4.69. The van der Waals surface area contributed by atoms with Crippen LogP contribution in [0.5, 0.6) is 0 Å². The van der Waals surface area contributed by atoms with E-state index < -0.39 is 17.1 Å². The Balaban J connectivity index is 3.12. The van der Waals surface area contributed by atoms with Gasteiger partial charge in [-0.1, -0.05) is 25.1 Å². The maximum absolute atomic E-state index is 13.2. The molecule has 5 nitrogen and oxygen atoms in total. The van der Waals surface area contributed by atoms with Crippen molar-refractivity contribution in [2.45, 2.75) is 33.6 Å². The van der Waals surface area contributed by atoms with Crippen LogP contribution in [0.15, 0.2) is 23.4 Å². The number of amidine groups is 1. The Morgan fingerprint density at radius 1 is 1.45 bits per heavy atom. The minimum Gasteiger partial charge on any atom is -0.409 e. The summed E-state index contributed by atoms with van der Waals surface area (Å²) in [6.07, 6.45) is 0.749. The van der Waals surface area contributed by atoms with E-state index in [1.807, 2.05) is 0 Å². The Labute approximate surface area is 117 Å². The van der Waals surface area contributed by atoms with E-state index in [1.54, 1.807) is 26.8 Å². The van der Waals surface area contributed by atoms with Gasteiger partial charge < -0.3 is 16.3 Å². The molecule has 0 saturated carbocycles. The van der Waals surface area contributed by atoms with Crippen molar-refractivity contribution in [1.29, 1.82) is 0 Å². The number of nitrogens with zero attached hydrogens (tertiary/aromatic N) is 1. The summed E-state index contributed by atoms with van der Waals surface area (Å²) in [5.74, 6) is -0.992. The Kier molecular flexibility index (Phi) is 5.07. The molecule has 0 bridgehead atoms. The van der Waals surface area contributed by atoms with Gasteiger partial charge in [-0.05, 0) is 37.5 Å². The number of benzene rings is 1. The zero-order chi connectivity index (χ0) is 15.3. The van der Waals surface area contributed by atoms with Gasteiger partial charge in [-0.25, -0.2) is 4.39 Å². The second kappa shape index (κ2) is 6.36. The number of carbonyl (C=O) groups excluding carboxylic acids is 1. The first-order chi connectivity index (χ1) is 9.41. The molecule has 0 fully saturated rings. The van der Waals surface area contributed by atoms with Gasteiger partial charge in [-0.15, -0.1) is 0 Å². The Morgan fingerprint density at radius 2 is 2.05 bits per heavy atom. The van der Waals surface area contributed by atoms with Gasteiger partial charge in [-0.3, -0.25) is 4.79 Å². The number of rotatable bonds is 5. The van der Waals surface area contributed by atoms with Crippen LogP contribution >= 0.6 is 0 Å². The fourth-order valence-electron chi connectivity index (χ4n) is 2.12. The van der Waals surface area contributed by atoms with Crippen molar-refractivity contribution in [3.05, 3.63) is 29.6 Å². The van der Waals surface area contributed by atoms with Crippen LogP contribution in [0.4, 0.5) is 10.1 Å². The topological polar surface area (TPSA) is 87.7 Å². The van der Waals surface area contributed by atoms with Gasteiger partial charge >= 0.3 is 0 Å². The van der Waals surface area contributed by atoms with Crippen molar-refractivity contribution in [2.24, 2.45) is 16.3 Å². The molecule has 0 aliphatic carbocycles. The maximum Gasteiger partial charge on any atom is 0.238 e. The number of carbonyl (C=O) groups is 1. The Hall–Kier alpha value is -2.11. The first-order valence-electron chi connectivity index (χ1n) is 6.46. The molecule has 0 radical (unpaired) electrons. The molecule has 20 heavy (non-hydrogen) atoms. The standard InChI is InChI=1S/C14H20FN3O2/c1-4-14(5-2,12(16)18-20)13(19)17-11-8-10(15)7-6-9(11)3/h6-8,20H,4-5H2,1-3H3,(H2,16,18)(H,17,19). The Bertz CT molecular complexity index is 525. The molecule has 1 aromatic rings. The molecule has 1 aromatic carbocycles. The molecule has 6 heteroatoms. The third kappa shape index (κ3) is 2.89. The zero-order valence-corrected chi connectivity index (χ0v) is 11.9. The lowest BCUT2D eigenvalue weighted by atomic mass is 9.80. The summed E-state index contributed by atoms with van der Waals surface area (Å²) in [5, 5.41) is 14.5. The van der Waals surface area contributed by atoms with Gasteiger partial charge in [0.25, 0.3) is 0 Å². The van der Waals surface area contributed by atoms with Gasteiger partial charge in [0.05, 0.1) is 0 Å². The number of oxime groups is 1. The number of amides is 1. The fraction of sp³-hybridized carbons (Fsp3) is 0.429. The summed E-state index contributed by atoms with van der Waals surface area (Å²) in [6, 6.07) is 4.14. The Morgan fingerprint density at radius 3 is 2.55 bits per heavy atom. The number of aryl methyl sites for hydroxylation is 1. The predicted molar refractivity (Wildman–Crippen MR) is 76.2 cm³/mol. The maximum atomic E-state index is 13.2. The van der Waals surface area contributed by atoms with E-state index >= 15 is 0 Å². The quantitative estimate of drug-likeness (QED) is 0.335. The molecule has 0 spiro atoms. The smallest absolute Gasteiger partial charge is 0.238 e. The molecule has 0 saturated heterocycles. The number of hydrogen-bond acceptors (Lipinski definition) is 3. The summed E-state index contributed by atoms with van der Waals surface area (Å²) >= 11 is 0. The van der Waals surface area contributed by atoms with Gasteiger partial charge in [0.2, 0.25) is 5.91 Å². The highest BCUT2D eigenvalue weighted by Crippen LogP contribution is 2.29. The van der Waals surface area contributed by atoms with Gasteiger partial charge in [0, 0.05) is 5.69 Å². The zero-order valence-electron chi connectivity index (χ0n) is 11.9. The highest BCUT2D eigenvalue weighted by molar-refractivity contribution is 6.11. The van der Waals surface area contributed by atoms with E-state index in [2.05, 4.69) is 10.5 Å². The lowest BCUT2D eigenvalue weighted by Gasteiger charge is -2.28. The molecular weight excluding hydrogens is 261 g/mol. The second-order valence-electron chi connectivity index (χ2n) is 4.69. The summed E-state index contributed by atoms with van der Waals surface area (Å²) in [6.45, 7) is 5.32. The molecule has 0 atom stereocenters. The van der Waals surface area contributed by atoms with Crippen LogP contribution in [-0.4, -0.2) is 17.0 Å². The van der Waals surface area contributed by atoms with E-state index in [0.717, 1.165) is 5.56 Å². The molecule has 110 valence electrons. The largest absolute Gasteiger partial charge is 0.409 e. The van der Waals surface area contributed by atoms with Crippen LogP contribution in [0.3, 0.4) is 0 Å². The molecule has 0 unspecified atom stereocenters. The van der Waals surface area contributed by atoms with Crippen molar-refractivity contribution < 1.29 is 14.4 Å². The highest BCUT2D eigenvalue weighted by atomic mass is 19.1. The number of hydrogen-bond donors (Lipinski definition) is 3. The van der Waals surface area contributed by atoms with Crippen molar-refractivity contribution in [1.82, 2.24) is 0 Å². The molecule has 1 rings (SSSR count). The van der Waals surface area contributed by atoms with Crippen LogP contribution in [0.2, 0.25) is 0 Å². The van der Waals surface area contributed by atoms with Crippen molar-refractivity contribution in [3.8, 4) is 0 Å². The number of nitrogens with two attached hydrogens (primary N) is 1. The van der Waals surface area contributed by atoms with E-state index in [4.69, 9.17) is 10.9 Å². The molecule has 0 heterocycles. The SMILES string of the molecule is CCC(CC)(C(=O)Nc1cc(F)ccc1C)C(N)=NO. The van der Waals surface area contributed by atoms with Crippen LogP contribution in [0.1, 0.15) is 32.3 Å². The highest BCUT2D eigenvalue weighted by Gasteiger charge is 2.40. The van der Waals surface area contributed by atoms with Crippen LogP contribution in [0.25, 0.3) is 0 Å². The van der Waals surface area contributed by atoms with Crippen molar-refractivity contribution in [3.63, 3.8) is 0 Å². The normalized spacial score (nSPS) is 12.3. The van der Waals surface area contributed by atoms with Crippen molar-refractivity contribution in [2.75, 3.05) is 5.32 Å². The molecule has 0 aromatic heterocycles. The van der Waals surface area contributed by atoms with Crippen LogP contribution in [-0.2, 0) is 4.79 Å². The minimum absolute atomic E-state index is 0.144. The van der Waals surface area contributed by atoms with Crippen molar-refractivity contribution >= 4 is 17.4 Å². The van der Waals surface area contributed by atoms with E-state index in [9.17, 15) is 9.18 Å². The summed E-state index contributed by atoms with van der Waals surface area (Å²) in [7, 11) is 0. The van der Waals surface area contributed by atoms with E-state index in [-0.39, 0.29) is 5.84 Å². The minimum atomic E-state index is -1.10. The average Bonchev–Trinajstić information content (AvgIpc) is 2.44. The first kappa shape index (κ1) is 15.9. The van der Waals surface area contributed by atoms with E-state index in [0.29, 0.717) is 18.5 Å². The molecule has 1 amide bonds. The number of anilines is 1. The van der Waals surface area contributed by atoms with Crippen LogP contribution in [0, 0.1) is 18.2 Å². The lowest BCUT2D eigenvalue weighted by molar-refractivity contribution is -0.122. The lowest BCUT2D eigenvalue weighted by Crippen LogP contribution is -2.46. The fourth-order valence-corrected chi connectivity index (χ4v) is 2.12. The van der Waals surface area contributed by atoms with Gasteiger partial charge in [0.15, 0.2) is 5.84 Å².